The van der Waals surface area contributed by atoms with Gasteiger partial charge < -0.3 is 10.5 Å². The predicted molar refractivity (Wildman–Crippen MR) is 111 cm³/mol. The Morgan fingerprint density at radius 2 is 1.71 bits per heavy atom. The summed E-state index contributed by atoms with van der Waals surface area (Å²) in [6, 6.07) is 20.2. The second-order valence-electron chi connectivity index (χ2n) is 7.14. The molecule has 4 heteroatoms. The quantitative estimate of drug-likeness (QED) is 0.653. The molecule has 1 aromatic heterocycles. The van der Waals surface area contributed by atoms with Crippen LogP contribution in [0, 0.1) is 11.3 Å². The number of nitrogens with two attached hydrogens (primary N) is 1. The first-order valence-corrected chi connectivity index (χ1v) is 9.75. The Morgan fingerprint density at radius 1 is 0.964 bits per heavy atom. The van der Waals surface area contributed by atoms with E-state index in [-0.39, 0.29) is 0 Å². The number of benzene rings is 2. The first-order chi connectivity index (χ1) is 13.8. The lowest BCUT2D eigenvalue weighted by atomic mass is 9.93. The number of nitrogen functional groups attached to an aromatic ring is 1. The highest BCUT2D eigenvalue weighted by Crippen LogP contribution is 2.35. The molecule has 0 saturated carbocycles. The molecule has 0 spiro atoms. The molecule has 0 saturated heterocycles. The van der Waals surface area contributed by atoms with Crippen molar-refractivity contribution in [2.24, 2.45) is 0 Å². The van der Waals surface area contributed by atoms with Gasteiger partial charge in [0.05, 0.1) is 5.56 Å². The lowest BCUT2D eigenvalue weighted by Gasteiger charge is -2.15. The van der Waals surface area contributed by atoms with Gasteiger partial charge in [0, 0.05) is 11.3 Å². The van der Waals surface area contributed by atoms with Gasteiger partial charge in [0.25, 0.3) is 0 Å². The van der Waals surface area contributed by atoms with Crippen LogP contribution in [0.1, 0.15) is 41.6 Å². The van der Waals surface area contributed by atoms with Gasteiger partial charge in [0.1, 0.15) is 24.2 Å². The standard InChI is InChI=1S/C24H23N3O/c25-15-21-20-9-5-2-6-10-22(20)27-24(26)23(21)18-11-13-19(14-12-18)28-16-17-7-3-1-4-8-17/h1,3-4,7-8,11-14H,2,5-6,9-10,16H2,(H2,26,27). The molecule has 0 amide bonds. The Kier molecular flexibility index (Phi) is 5.25. The molecule has 2 aromatic carbocycles. The Labute approximate surface area is 165 Å². The summed E-state index contributed by atoms with van der Waals surface area (Å²) < 4.78 is 5.86. The van der Waals surface area contributed by atoms with Crippen molar-refractivity contribution in [2.45, 2.75) is 38.7 Å². The summed E-state index contributed by atoms with van der Waals surface area (Å²) in [6.07, 6.45) is 5.18. The monoisotopic (exact) mass is 369 g/mol. The number of nitriles is 1. The molecule has 0 fully saturated rings. The maximum Gasteiger partial charge on any atom is 0.132 e. The zero-order valence-electron chi connectivity index (χ0n) is 15.8. The zero-order chi connectivity index (χ0) is 19.3. The molecule has 4 nitrogen and oxygen atoms in total. The van der Waals surface area contributed by atoms with Crippen LogP contribution in [-0.4, -0.2) is 4.98 Å². The molecular weight excluding hydrogens is 346 g/mol. The molecule has 4 rings (SSSR count). The average molecular weight is 369 g/mol. The lowest BCUT2D eigenvalue weighted by molar-refractivity contribution is 0.306. The predicted octanol–water partition coefficient (Wildman–Crippen LogP) is 5.05. The highest BCUT2D eigenvalue weighted by Gasteiger charge is 2.21. The van der Waals surface area contributed by atoms with E-state index in [0.29, 0.717) is 18.0 Å². The van der Waals surface area contributed by atoms with Crippen LogP contribution in [0.4, 0.5) is 5.82 Å². The summed E-state index contributed by atoms with van der Waals surface area (Å²) in [6.45, 7) is 0.520. The fourth-order valence-electron chi connectivity index (χ4n) is 3.81. The molecule has 0 atom stereocenters. The molecule has 0 radical (unpaired) electrons. The molecule has 0 aliphatic heterocycles. The van der Waals surface area contributed by atoms with Crippen LogP contribution in [0.3, 0.4) is 0 Å². The van der Waals surface area contributed by atoms with Crippen molar-refractivity contribution >= 4 is 5.82 Å². The summed E-state index contributed by atoms with van der Waals surface area (Å²) in [5.41, 5.74) is 11.8. The highest BCUT2D eigenvalue weighted by molar-refractivity contribution is 5.81. The third kappa shape index (κ3) is 3.70. The number of pyridine rings is 1. The van der Waals surface area contributed by atoms with E-state index in [2.05, 4.69) is 11.1 Å². The number of hydrogen-bond donors (Lipinski definition) is 1. The number of nitrogens with zero attached hydrogens (tertiary/aromatic N) is 2. The Hall–Kier alpha value is -3.32. The maximum absolute atomic E-state index is 9.86. The van der Waals surface area contributed by atoms with E-state index in [1.165, 1.54) is 6.42 Å². The van der Waals surface area contributed by atoms with Crippen molar-refractivity contribution in [2.75, 3.05) is 5.73 Å². The Morgan fingerprint density at radius 3 is 2.46 bits per heavy atom. The van der Waals surface area contributed by atoms with Crippen molar-refractivity contribution in [3.63, 3.8) is 0 Å². The van der Waals surface area contributed by atoms with Gasteiger partial charge in [-0.1, -0.05) is 48.9 Å². The van der Waals surface area contributed by atoms with Crippen LogP contribution < -0.4 is 10.5 Å². The minimum Gasteiger partial charge on any atom is -0.489 e. The smallest absolute Gasteiger partial charge is 0.132 e. The van der Waals surface area contributed by atoms with E-state index in [9.17, 15) is 5.26 Å². The SMILES string of the molecule is N#Cc1c2c(nc(N)c1-c1ccc(OCc3ccccc3)cc1)CCCCC2. The zero-order valence-corrected chi connectivity index (χ0v) is 15.8. The van der Waals surface area contributed by atoms with Gasteiger partial charge in [-0.05, 0) is 54.5 Å². The van der Waals surface area contributed by atoms with E-state index >= 15 is 0 Å². The average Bonchev–Trinajstić information content (AvgIpc) is 2.98. The minimum atomic E-state index is 0.440. The second kappa shape index (κ2) is 8.14. The summed E-state index contributed by atoms with van der Waals surface area (Å²) >= 11 is 0. The first kappa shape index (κ1) is 18.1. The summed E-state index contributed by atoms with van der Waals surface area (Å²) in [4.78, 5) is 4.65. The fraction of sp³-hybridized carbons (Fsp3) is 0.250. The van der Waals surface area contributed by atoms with Gasteiger partial charge in [-0.3, -0.25) is 0 Å². The van der Waals surface area contributed by atoms with Crippen LogP contribution in [0.5, 0.6) is 5.75 Å². The van der Waals surface area contributed by atoms with Gasteiger partial charge in [-0.25, -0.2) is 4.98 Å². The van der Waals surface area contributed by atoms with Crippen molar-refractivity contribution < 1.29 is 4.74 Å². The number of hydrogen-bond acceptors (Lipinski definition) is 4. The summed E-state index contributed by atoms with van der Waals surface area (Å²) in [5.74, 6) is 1.22. The Balaban J connectivity index is 1.62. The van der Waals surface area contributed by atoms with Crippen LogP contribution in [0.15, 0.2) is 54.6 Å². The van der Waals surface area contributed by atoms with Crippen LogP contribution in [0.25, 0.3) is 11.1 Å². The molecule has 1 aliphatic carbocycles. The maximum atomic E-state index is 9.86. The molecule has 2 N–H and O–H groups in total. The fourth-order valence-corrected chi connectivity index (χ4v) is 3.81. The summed E-state index contributed by atoms with van der Waals surface area (Å²) in [5, 5.41) is 9.86. The van der Waals surface area contributed by atoms with Crippen molar-refractivity contribution in [3.8, 4) is 22.9 Å². The van der Waals surface area contributed by atoms with Crippen molar-refractivity contribution in [1.82, 2.24) is 4.98 Å². The number of fused-ring (bicyclic) bond motifs is 1. The molecular formula is C24H23N3O. The Bertz CT molecular complexity index is 1000. The minimum absolute atomic E-state index is 0.440. The highest BCUT2D eigenvalue weighted by atomic mass is 16.5. The topological polar surface area (TPSA) is 71.9 Å². The number of aromatic nitrogens is 1. The van der Waals surface area contributed by atoms with Crippen molar-refractivity contribution in [1.29, 1.82) is 5.26 Å². The van der Waals surface area contributed by atoms with E-state index < -0.39 is 0 Å². The molecule has 0 bridgehead atoms. The second-order valence-corrected chi connectivity index (χ2v) is 7.14. The molecule has 28 heavy (non-hydrogen) atoms. The van der Waals surface area contributed by atoms with Crippen molar-refractivity contribution in [3.05, 3.63) is 77.0 Å². The normalized spacial score (nSPS) is 13.2. The molecule has 0 unspecified atom stereocenters. The van der Waals surface area contributed by atoms with E-state index in [1.807, 2.05) is 54.6 Å². The number of aryl methyl sites for hydroxylation is 1. The van der Waals surface area contributed by atoms with E-state index in [4.69, 9.17) is 10.5 Å². The van der Waals surface area contributed by atoms with E-state index in [0.717, 1.165) is 59.4 Å². The molecule has 3 aromatic rings. The van der Waals surface area contributed by atoms with Gasteiger partial charge in [-0.2, -0.15) is 5.26 Å². The van der Waals surface area contributed by atoms with Gasteiger partial charge in [0.15, 0.2) is 0 Å². The van der Waals surface area contributed by atoms with Crippen LogP contribution >= 0.6 is 0 Å². The molecule has 1 heterocycles. The van der Waals surface area contributed by atoms with Gasteiger partial charge >= 0.3 is 0 Å². The van der Waals surface area contributed by atoms with Crippen LogP contribution in [0.2, 0.25) is 0 Å². The lowest BCUT2D eigenvalue weighted by Crippen LogP contribution is -2.07. The number of ether oxygens (including phenoxy) is 1. The molecule has 140 valence electrons. The number of anilines is 1. The first-order valence-electron chi connectivity index (χ1n) is 9.75. The third-order valence-corrected chi connectivity index (χ3v) is 5.26. The van der Waals surface area contributed by atoms with Gasteiger partial charge in [0.2, 0.25) is 0 Å². The van der Waals surface area contributed by atoms with Gasteiger partial charge in [-0.15, -0.1) is 0 Å². The number of rotatable bonds is 4. The summed E-state index contributed by atoms with van der Waals surface area (Å²) in [7, 11) is 0. The molecule has 1 aliphatic rings. The van der Waals surface area contributed by atoms with Crippen LogP contribution in [-0.2, 0) is 19.4 Å². The third-order valence-electron chi connectivity index (χ3n) is 5.26. The largest absolute Gasteiger partial charge is 0.489 e. The van der Waals surface area contributed by atoms with E-state index in [1.54, 1.807) is 0 Å².